The van der Waals surface area contributed by atoms with Crippen molar-refractivity contribution in [1.29, 1.82) is 5.26 Å². The SMILES string of the molecule is N#C/C(=C\c1ccc(-c2ccccc2)cc1)C(=O)Nc1c(Cl)cccc1Cl. The molecule has 3 aromatic carbocycles. The van der Waals surface area contributed by atoms with Crippen LogP contribution in [0.3, 0.4) is 0 Å². The molecule has 3 aromatic rings. The number of halogens is 2. The number of nitrogens with one attached hydrogen (secondary N) is 1. The molecule has 1 amide bonds. The molecule has 1 N–H and O–H groups in total. The standard InChI is InChI=1S/C22H14Cl2N2O/c23-19-7-4-8-20(24)21(19)26-22(27)18(14-25)13-15-9-11-17(12-10-15)16-5-2-1-3-6-16/h1-13H,(H,26,27)/b18-13+. The topological polar surface area (TPSA) is 52.9 Å². The smallest absolute Gasteiger partial charge is 0.266 e. The number of hydrogen-bond acceptors (Lipinski definition) is 2. The molecule has 0 aliphatic carbocycles. The number of anilines is 1. The molecular formula is C22H14Cl2N2O. The summed E-state index contributed by atoms with van der Waals surface area (Å²) in [5.41, 5.74) is 3.13. The first-order valence-corrected chi connectivity index (χ1v) is 8.87. The van der Waals surface area contributed by atoms with E-state index in [1.807, 2.05) is 60.7 Å². The van der Waals surface area contributed by atoms with Gasteiger partial charge in [-0.15, -0.1) is 0 Å². The number of carbonyl (C=O) groups excluding carboxylic acids is 1. The Morgan fingerprint density at radius 3 is 2.04 bits per heavy atom. The number of benzene rings is 3. The average Bonchev–Trinajstić information content (AvgIpc) is 2.70. The van der Waals surface area contributed by atoms with Crippen molar-refractivity contribution in [1.82, 2.24) is 0 Å². The summed E-state index contributed by atoms with van der Waals surface area (Å²) in [6.07, 6.45) is 1.52. The van der Waals surface area contributed by atoms with Crippen molar-refractivity contribution < 1.29 is 4.79 Å². The monoisotopic (exact) mass is 392 g/mol. The summed E-state index contributed by atoms with van der Waals surface area (Å²) in [4.78, 5) is 12.4. The minimum atomic E-state index is -0.570. The van der Waals surface area contributed by atoms with Gasteiger partial charge in [-0.1, -0.05) is 83.9 Å². The number of nitrogens with zero attached hydrogens (tertiary/aromatic N) is 1. The summed E-state index contributed by atoms with van der Waals surface area (Å²) in [5.74, 6) is -0.570. The Kier molecular flexibility index (Phi) is 5.93. The summed E-state index contributed by atoms with van der Waals surface area (Å²) in [6, 6.07) is 24.4. The van der Waals surface area contributed by atoms with Gasteiger partial charge >= 0.3 is 0 Å². The van der Waals surface area contributed by atoms with Gasteiger partial charge in [0.15, 0.2) is 0 Å². The van der Waals surface area contributed by atoms with Crippen LogP contribution >= 0.6 is 23.2 Å². The second-order valence-corrected chi connectivity index (χ2v) is 6.52. The molecule has 0 aliphatic heterocycles. The zero-order valence-electron chi connectivity index (χ0n) is 14.1. The molecule has 0 saturated heterocycles. The third kappa shape index (κ3) is 4.57. The van der Waals surface area contributed by atoms with Crippen LogP contribution in [0, 0.1) is 11.3 Å². The van der Waals surface area contributed by atoms with Crippen LogP contribution in [0.5, 0.6) is 0 Å². The highest BCUT2D eigenvalue weighted by atomic mass is 35.5. The van der Waals surface area contributed by atoms with E-state index >= 15 is 0 Å². The van der Waals surface area contributed by atoms with Crippen molar-refractivity contribution in [2.75, 3.05) is 5.32 Å². The Balaban J connectivity index is 1.82. The van der Waals surface area contributed by atoms with Crippen molar-refractivity contribution >= 4 is 40.9 Å². The molecular weight excluding hydrogens is 379 g/mol. The molecule has 5 heteroatoms. The molecule has 0 heterocycles. The van der Waals surface area contributed by atoms with Gasteiger partial charge in [0.2, 0.25) is 0 Å². The van der Waals surface area contributed by atoms with E-state index in [9.17, 15) is 10.1 Å². The van der Waals surface area contributed by atoms with Crippen molar-refractivity contribution in [2.45, 2.75) is 0 Å². The minimum Gasteiger partial charge on any atom is -0.319 e. The second kappa shape index (κ2) is 8.55. The van der Waals surface area contributed by atoms with Crippen molar-refractivity contribution in [3.63, 3.8) is 0 Å². The second-order valence-electron chi connectivity index (χ2n) is 5.71. The first kappa shape index (κ1) is 18.7. The highest BCUT2D eigenvalue weighted by Gasteiger charge is 2.13. The van der Waals surface area contributed by atoms with Crippen LogP contribution in [0.15, 0.2) is 78.4 Å². The van der Waals surface area contributed by atoms with Gasteiger partial charge in [0.1, 0.15) is 11.6 Å². The summed E-state index contributed by atoms with van der Waals surface area (Å²) in [5, 5.41) is 12.6. The lowest BCUT2D eigenvalue weighted by molar-refractivity contribution is -0.112. The van der Waals surface area contributed by atoms with E-state index < -0.39 is 5.91 Å². The van der Waals surface area contributed by atoms with Gasteiger partial charge in [0.05, 0.1) is 15.7 Å². The van der Waals surface area contributed by atoms with Crippen LogP contribution in [0.1, 0.15) is 5.56 Å². The molecule has 0 saturated carbocycles. The van der Waals surface area contributed by atoms with E-state index in [0.717, 1.165) is 16.7 Å². The molecule has 0 bridgehead atoms. The van der Waals surface area contributed by atoms with Crippen molar-refractivity contribution in [2.24, 2.45) is 0 Å². The molecule has 0 radical (unpaired) electrons. The van der Waals surface area contributed by atoms with Crippen molar-refractivity contribution in [3.05, 3.63) is 94.0 Å². The summed E-state index contributed by atoms with van der Waals surface area (Å²) in [7, 11) is 0. The summed E-state index contributed by atoms with van der Waals surface area (Å²) < 4.78 is 0. The van der Waals surface area contributed by atoms with Crippen LogP contribution in [-0.2, 0) is 4.79 Å². The zero-order chi connectivity index (χ0) is 19.2. The maximum atomic E-state index is 12.4. The molecule has 3 nitrogen and oxygen atoms in total. The maximum absolute atomic E-state index is 12.4. The molecule has 132 valence electrons. The molecule has 0 fully saturated rings. The van der Waals surface area contributed by atoms with Gasteiger partial charge < -0.3 is 5.32 Å². The fourth-order valence-electron chi connectivity index (χ4n) is 2.52. The lowest BCUT2D eigenvalue weighted by Gasteiger charge is -2.08. The van der Waals surface area contributed by atoms with E-state index in [1.165, 1.54) is 6.08 Å². The Bertz CT molecular complexity index is 1020. The predicted molar refractivity (Wildman–Crippen MR) is 111 cm³/mol. The van der Waals surface area contributed by atoms with Gasteiger partial charge in [-0.25, -0.2) is 0 Å². The number of hydrogen-bond donors (Lipinski definition) is 1. The van der Waals surface area contributed by atoms with E-state index in [2.05, 4.69) is 5.32 Å². The number of amides is 1. The molecule has 0 aliphatic rings. The molecule has 0 atom stereocenters. The quantitative estimate of drug-likeness (QED) is 0.423. The lowest BCUT2D eigenvalue weighted by atomic mass is 10.0. The highest BCUT2D eigenvalue weighted by Crippen LogP contribution is 2.30. The van der Waals surface area contributed by atoms with Crippen LogP contribution in [0.2, 0.25) is 10.0 Å². The fourth-order valence-corrected chi connectivity index (χ4v) is 3.01. The predicted octanol–water partition coefficient (Wildman–Crippen LogP) is 6.21. The number of carbonyl (C=O) groups is 1. The summed E-state index contributed by atoms with van der Waals surface area (Å²) in [6.45, 7) is 0. The van der Waals surface area contributed by atoms with Gasteiger partial charge in [-0.05, 0) is 34.9 Å². The highest BCUT2D eigenvalue weighted by molar-refractivity contribution is 6.40. The van der Waals surface area contributed by atoms with Gasteiger partial charge in [0.25, 0.3) is 5.91 Å². The van der Waals surface area contributed by atoms with E-state index in [0.29, 0.717) is 10.0 Å². The Hall–Kier alpha value is -3.06. The molecule has 27 heavy (non-hydrogen) atoms. The van der Waals surface area contributed by atoms with Crippen LogP contribution in [0.25, 0.3) is 17.2 Å². The Labute approximate surface area is 167 Å². The van der Waals surface area contributed by atoms with E-state index in [4.69, 9.17) is 23.2 Å². The van der Waals surface area contributed by atoms with Gasteiger partial charge in [-0.3, -0.25) is 4.79 Å². The number of rotatable bonds is 4. The van der Waals surface area contributed by atoms with Crippen LogP contribution in [-0.4, -0.2) is 5.91 Å². The van der Waals surface area contributed by atoms with Gasteiger partial charge in [0, 0.05) is 0 Å². The first-order valence-electron chi connectivity index (χ1n) is 8.11. The third-order valence-electron chi connectivity index (χ3n) is 3.90. The Morgan fingerprint density at radius 2 is 1.44 bits per heavy atom. The van der Waals surface area contributed by atoms with Crippen LogP contribution < -0.4 is 5.32 Å². The van der Waals surface area contributed by atoms with Gasteiger partial charge in [-0.2, -0.15) is 5.26 Å². The minimum absolute atomic E-state index is 0.0431. The largest absolute Gasteiger partial charge is 0.319 e. The Morgan fingerprint density at radius 1 is 0.852 bits per heavy atom. The molecule has 0 aromatic heterocycles. The first-order chi connectivity index (χ1) is 13.1. The lowest BCUT2D eigenvalue weighted by Crippen LogP contribution is -2.14. The molecule has 0 unspecified atom stereocenters. The van der Waals surface area contributed by atoms with E-state index in [1.54, 1.807) is 18.2 Å². The number of nitriles is 1. The zero-order valence-corrected chi connectivity index (χ0v) is 15.6. The molecule has 3 rings (SSSR count). The number of para-hydroxylation sites is 1. The van der Waals surface area contributed by atoms with E-state index in [-0.39, 0.29) is 11.3 Å². The average molecular weight is 393 g/mol. The summed E-state index contributed by atoms with van der Waals surface area (Å²) >= 11 is 12.1. The van der Waals surface area contributed by atoms with Crippen LogP contribution in [0.4, 0.5) is 5.69 Å². The maximum Gasteiger partial charge on any atom is 0.266 e. The fraction of sp³-hybridized carbons (Fsp3) is 0. The normalized spacial score (nSPS) is 10.9. The third-order valence-corrected chi connectivity index (χ3v) is 4.53. The van der Waals surface area contributed by atoms with Crippen molar-refractivity contribution in [3.8, 4) is 17.2 Å². The molecule has 0 spiro atoms.